The summed E-state index contributed by atoms with van der Waals surface area (Å²) in [7, 11) is 0. The number of benzene rings is 1. The van der Waals surface area contributed by atoms with Gasteiger partial charge in [-0.15, -0.1) is 0 Å². The summed E-state index contributed by atoms with van der Waals surface area (Å²) in [4.78, 5) is 35.1. The van der Waals surface area contributed by atoms with Crippen molar-refractivity contribution in [1.82, 2.24) is 0 Å². The van der Waals surface area contributed by atoms with Gasteiger partial charge < -0.3 is 10.5 Å². The van der Waals surface area contributed by atoms with E-state index in [9.17, 15) is 14.4 Å². The Labute approximate surface area is 104 Å². The summed E-state index contributed by atoms with van der Waals surface area (Å²) in [5, 5.41) is 0. The van der Waals surface area contributed by atoms with Crippen LogP contribution in [-0.2, 0) is 4.79 Å². The topological polar surface area (TPSA) is 77.2 Å². The van der Waals surface area contributed by atoms with Gasteiger partial charge in [-0.1, -0.05) is 24.3 Å². The molecule has 92 valence electrons. The Morgan fingerprint density at radius 3 is 2.22 bits per heavy atom. The Bertz CT molecular complexity index is 584. The van der Waals surface area contributed by atoms with Gasteiger partial charge >= 0.3 is 0 Å². The molecule has 0 radical (unpaired) electrons. The molecule has 1 aromatic carbocycles. The lowest BCUT2D eigenvalue weighted by Gasteiger charge is -2.18. The highest BCUT2D eigenvalue weighted by atomic mass is 16.1. The number of fused-ring (bicyclic) bond motifs is 1. The average molecular weight is 243 g/mol. The van der Waals surface area contributed by atoms with Gasteiger partial charge in [-0.3, -0.25) is 9.59 Å². The van der Waals surface area contributed by atoms with Gasteiger partial charge in [-0.2, -0.15) is 0 Å². The van der Waals surface area contributed by atoms with E-state index in [4.69, 9.17) is 5.73 Å². The van der Waals surface area contributed by atoms with Gasteiger partial charge in [0.15, 0.2) is 5.78 Å². The minimum atomic E-state index is -0.330. The van der Waals surface area contributed by atoms with Crippen molar-refractivity contribution in [1.29, 1.82) is 0 Å². The van der Waals surface area contributed by atoms with Crippen LogP contribution in [0, 0.1) is 0 Å². The van der Waals surface area contributed by atoms with Crippen LogP contribution in [0.25, 0.3) is 0 Å². The first-order chi connectivity index (χ1) is 8.52. The molecule has 2 N–H and O–H groups in total. The maximum absolute atomic E-state index is 12.2. The summed E-state index contributed by atoms with van der Waals surface area (Å²) in [6.07, 6.45) is 0.442. The second-order valence-corrected chi connectivity index (χ2v) is 4.30. The van der Waals surface area contributed by atoms with E-state index < -0.39 is 0 Å². The molecule has 0 amide bonds. The van der Waals surface area contributed by atoms with Gasteiger partial charge in [0, 0.05) is 23.1 Å². The first-order valence-electron chi connectivity index (χ1n) is 5.69. The zero-order chi connectivity index (χ0) is 13.3. The molecule has 0 spiro atoms. The van der Waals surface area contributed by atoms with Crippen molar-refractivity contribution < 1.29 is 14.4 Å². The largest absolute Gasteiger partial charge is 0.395 e. The number of ketones is 3. The number of carbonyl (C=O) groups excluding carboxylic acids is 3. The Kier molecular flexibility index (Phi) is 3.10. The first kappa shape index (κ1) is 12.2. The molecule has 4 heteroatoms. The molecule has 0 heterocycles. The highest BCUT2D eigenvalue weighted by molar-refractivity contribution is 6.26. The molecule has 0 aliphatic heterocycles. The average Bonchev–Trinajstić information content (AvgIpc) is 2.36. The number of hydrogen-bond acceptors (Lipinski definition) is 4. The van der Waals surface area contributed by atoms with Crippen molar-refractivity contribution in [2.45, 2.75) is 19.8 Å². The molecule has 1 aliphatic carbocycles. The molecule has 0 unspecified atom stereocenters. The standard InChI is InChI=1S/C14H13NO3/c1-8(16)6-7-11-12(15)14(18)10-5-3-2-4-9(10)13(11)17/h2-5H,6-7,15H2,1H3. The Hall–Kier alpha value is -2.23. The van der Waals surface area contributed by atoms with E-state index in [1.165, 1.54) is 6.92 Å². The molecule has 0 atom stereocenters. The molecular formula is C14H13NO3. The van der Waals surface area contributed by atoms with Crippen molar-refractivity contribution in [3.8, 4) is 0 Å². The summed E-state index contributed by atoms with van der Waals surface area (Å²) in [6, 6.07) is 6.59. The third-order valence-corrected chi connectivity index (χ3v) is 2.99. The molecular weight excluding hydrogens is 230 g/mol. The van der Waals surface area contributed by atoms with Crippen LogP contribution in [0.2, 0.25) is 0 Å². The molecule has 1 aliphatic rings. The fraction of sp³-hybridized carbons (Fsp3) is 0.214. The third-order valence-electron chi connectivity index (χ3n) is 2.99. The summed E-state index contributed by atoms with van der Waals surface area (Å²) >= 11 is 0. The minimum absolute atomic E-state index is 0.0278. The predicted octanol–water partition coefficient (Wildman–Crippen LogP) is 1.65. The number of nitrogens with two attached hydrogens (primary N) is 1. The highest BCUT2D eigenvalue weighted by Gasteiger charge is 2.29. The summed E-state index contributed by atoms with van der Waals surface area (Å²) in [5.74, 6) is -0.609. The lowest BCUT2D eigenvalue weighted by atomic mass is 9.85. The van der Waals surface area contributed by atoms with Crippen LogP contribution in [0.5, 0.6) is 0 Å². The second-order valence-electron chi connectivity index (χ2n) is 4.30. The number of hydrogen-bond donors (Lipinski definition) is 1. The lowest BCUT2D eigenvalue weighted by Crippen LogP contribution is -2.26. The SMILES string of the molecule is CC(=O)CCC1=C(N)C(=O)c2ccccc2C1=O. The fourth-order valence-corrected chi connectivity index (χ4v) is 2.00. The van der Waals surface area contributed by atoms with E-state index in [-0.39, 0.29) is 41.5 Å². The fourth-order valence-electron chi connectivity index (χ4n) is 2.00. The molecule has 18 heavy (non-hydrogen) atoms. The van der Waals surface area contributed by atoms with Crippen LogP contribution >= 0.6 is 0 Å². The number of allylic oxidation sites excluding steroid dienone is 2. The van der Waals surface area contributed by atoms with Crippen LogP contribution in [0.3, 0.4) is 0 Å². The number of carbonyl (C=O) groups is 3. The van der Waals surface area contributed by atoms with Crippen molar-refractivity contribution in [2.24, 2.45) is 5.73 Å². The van der Waals surface area contributed by atoms with Gasteiger partial charge in [0.05, 0.1) is 5.70 Å². The van der Waals surface area contributed by atoms with Crippen molar-refractivity contribution in [2.75, 3.05) is 0 Å². The van der Waals surface area contributed by atoms with Gasteiger partial charge in [0.25, 0.3) is 0 Å². The Morgan fingerprint density at radius 2 is 1.67 bits per heavy atom. The molecule has 0 saturated carbocycles. The van der Waals surface area contributed by atoms with E-state index in [1.807, 2.05) is 0 Å². The molecule has 0 bridgehead atoms. The molecule has 4 nitrogen and oxygen atoms in total. The zero-order valence-corrected chi connectivity index (χ0v) is 10.0. The van der Waals surface area contributed by atoms with E-state index >= 15 is 0 Å². The molecule has 2 rings (SSSR count). The normalized spacial score (nSPS) is 14.7. The summed E-state index contributed by atoms with van der Waals surface area (Å²) in [6.45, 7) is 1.44. The van der Waals surface area contributed by atoms with Crippen molar-refractivity contribution in [3.05, 3.63) is 46.7 Å². The molecule has 0 fully saturated rings. The highest BCUT2D eigenvalue weighted by Crippen LogP contribution is 2.26. The van der Waals surface area contributed by atoms with E-state index in [0.29, 0.717) is 11.1 Å². The van der Waals surface area contributed by atoms with Gasteiger partial charge in [0.1, 0.15) is 5.78 Å². The zero-order valence-electron chi connectivity index (χ0n) is 10.0. The second kappa shape index (κ2) is 4.56. The van der Waals surface area contributed by atoms with Gasteiger partial charge in [-0.05, 0) is 13.3 Å². The maximum Gasteiger partial charge on any atom is 0.209 e. The van der Waals surface area contributed by atoms with Crippen LogP contribution < -0.4 is 5.73 Å². The lowest BCUT2D eigenvalue weighted by molar-refractivity contribution is -0.116. The molecule has 0 saturated heterocycles. The monoisotopic (exact) mass is 243 g/mol. The predicted molar refractivity (Wildman–Crippen MR) is 66.2 cm³/mol. The Balaban J connectivity index is 2.43. The van der Waals surface area contributed by atoms with E-state index in [0.717, 1.165) is 0 Å². The van der Waals surface area contributed by atoms with Crippen LogP contribution in [0.15, 0.2) is 35.5 Å². The maximum atomic E-state index is 12.2. The van der Waals surface area contributed by atoms with Gasteiger partial charge in [-0.25, -0.2) is 0 Å². The third kappa shape index (κ3) is 1.97. The minimum Gasteiger partial charge on any atom is -0.395 e. The first-order valence-corrected chi connectivity index (χ1v) is 5.69. The summed E-state index contributed by atoms with van der Waals surface area (Å²) in [5.41, 5.74) is 6.65. The van der Waals surface area contributed by atoms with E-state index in [1.54, 1.807) is 24.3 Å². The van der Waals surface area contributed by atoms with Crippen LogP contribution in [-0.4, -0.2) is 17.3 Å². The van der Waals surface area contributed by atoms with Crippen molar-refractivity contribution >= 4 is 17.3 Å². The number of rotatable bonds is 3. The quantitative estimate of drug-likeness (QED) is 0.875. The van der Waals surface area contributed by atoms with Crippen molar-refractivity contribution in [3.63, 3.8) is 0 Å². The molecule has 1 aromatic rings. The van der Waals surface area contributed by atoms with Gasteiger partial charge in [0.2, 0.25) is 5.78 Å². The van der Waals surface area contributed by atoms with E-state index in [2.05, 4.69) is 0 Å². The van der Waals surface area contributed by atoms with Crippen LogP contribution in [0.4, 0.5) is 0 Å². The molecule has 0 aromatic heterocycles. The summed E-state index contributed by atoms with van der Waals surface area (Å²) < 4.78 is 0. The number of Topliss-reactive ketones (excluding diaryl/α,β-unsaturated/α-hetero) is 3. The smallest absolute Gasteiger partial charge is 0.209 e. The Morgan fingerprint density at radius 1 is 1.11 bits per heavy atom. The van der Waals surface area contributed by atoms with Crippen LogP contribution in [0.1, 0.15) is 40.5 Å².